The molecule has 0 aliphatic rings. The summed E-state index contributed by atoms with van der Waals surface area (Å²) in [7, 11) is 0. The molecule has 0 N–H and O–H groups in total. The van der Waals surface area contributed by atoms with Gasteiger partial charge in [0, 0.05) is 11.6 Å². The van der Waals surface area contributed by atoms with E-state index in [0.717, 1.165) is 0 Å². The van der Waals surface area contributed by atoms with Gasteiger partial charge in [-0.15, -0.1) is 5.10 Å². The molecule has 3 rings (SSSR count). The zero-order valence-corrected chi connectivity index (χ0v) is 12.3. The van der Waals surface area contributed by atoms with E-state index in [4.69, 9.17) is 0 Å². The highest BCUT2D eigenvalue weighted by atomic mass is 16.6. The second-order valence-electron chi connectivity index (χ2n) is 4.82. The number of para-hydroxylation sites is 1. The van der Waals surface area contributed by atoms with Crippen LogP contribution in [0.1, 0.15) is 15.9 Å². The number of nitro groups is 1. The summed E-state index contributed by atoms with van der Waals surface area (Å²) in [6.45, 7) is 0. The summed E-state index contributed by atoms with van der Waals surface area (Å²) in [6, 6.07) is 13.0. The third-order valence-corrected chi connectivity index (χ3v) is 3.29. The average molecular weight is 321 g/mol. The van der Waals surface area contributed by atoms with Crippen molar-refractivity contribution in [1.29, 1.82) is 0 Å². The molecule has 8 nitrogen and oxygen atoms in total. The molecule has 0 bridgehead atoms. The largest absolute Gasteiger partial charge is 0.289 e. The highest BCUT2D eigenvalue weighted by molar-refractivity contribution is 6.07. The van der Waals surface area contributed by atoms with E-state index < -0.39 is 4.92 Å². The summed E-state index contributed by atoms with van der Waals surface area (Å²) in [5.41, 5.74) is 1.39. The highest BCUT2D eigenvalue weighted by Gasteiger charge is 2.10. The number of carbonyl (C=O) groups excluding carboxylic acids is 1. The van der Waals surface area contributed by atoms with Gasteiger partial charge in [-0.3, -0.25) is 14.9 Å². The van der Waals surface area contributed by atoms with Crippen molar-refractivity contribution in [3.63, 3.8) is 0 Å². The van der Waals surface area contributed by atoms with Crippen molar-refractivity contribution in [3.05, 3.63) is 82.2 Å². The highest BCUT2D eigenvalue weighted by Crippen LogP contribution is 2.19. The van der Waals surface area contributed by atoms with E-state index in [1.807, 2.05) is 0 Å². The van der Waals surface area contributed by atoms with Crippen molar-refractivity contribution in [1.82, 2.24) is 20.2 Å². The standard InChI is InChI=1S/C16H11N5O3/c22-16(9-8-12-4-1-2-7-15(12)21(23)24)13-5-3-6-14(10-13)20-11-17-18-19-20/h1-11H/b9-8+. The molecule has 2 aromatic carbocycles. The Bertz CT molecular complexity index is 919. The maximum absolute atomic E-state index is 12.3. The molecular weight excluding hydrogens is 310 g/mol. The normalized spacial score (nSPS) is 10.8. The molecule has 0 radical (unpaired) electrons. The van der Waals surface area contributed by atoms with E-state index >= 15 is 0 Å². The summed E-state index contributed by atoms with van der Waals surface area (Å²) in [4.78, 5) is 22.8. The molecule has 118 valence electrons. The van der Waals surface area contributed by atoms with Crippen LogP contribution in [-0.4, -0.2) is 30.9 Å². The minimum absolute atomic E-state index is 0.0519. The van der Waals surface area contributed by atoms with Crippen LogP contribution in [0.4, 0.5) is 5.69 Å². The molecule has 0 aliphatic carbocycles. The van der Waals surface area contributed by atoms with Gasteiger partial charge < -0.3 is 0 Å². The SMILES string of the molecule is O=C(/C=C/c1ccccc1[N+](=O)[O-])c1cccc(-n2cnnn2)c1. The van der Waals surface area contributed by atoms with Crippen LogP contribution >= 0.6 is 0 Å². The van der Waals surface area contributed by atoms with Gasteiger partial charge in [-0.1, -0.05) is 24.3 Å². The predicted octanol–water partition coefficient (Wildman–Crippen LogP) is 2.47. The summed E-state index contributed by atoms with van der Waals surface area (Å²) >= 11 is 0. The van der Waals surface area contributed by atoms with Gasteiger partial charge in [0.1, 0.15) is 6.33 Å². The average Bonchev–Trinajstić information content (AvgIpc) is 3.14. The van der Waals surface area contributed by atoms with Crippen molar-refractivity contribution in [2.75, 3.05) is 0 Å². The molecule has 3 aromatic rings. The van der Waals surface area contributed by atoms with Crippen LogP contribution in [0.25, 0.3) is 11.8 Å². The lowest BCUT2D eigenvalue weighted by molar-refractivity contribution is -0.385. The minimum atomic E-state index is -0.484. The first-order chi connectivity index (χ1) is 11.6. The summed E-state index contributed by atoms with van der Waals surface area (Å²) in [5, 5.41) is 21.8. The molecule has 0 unspecified atom stereocenters. The fourth-order valence-corrected chi connectivity index (χ4v) is 2.14. The number of tetrazole rings is 1. The first-order valence-electron chi connectivity index (χ1n) is 6.94. The van der Waals surface area contributed by atoms with Gasteiger partial charge in [0.2, 0.25) is 0 Å². The third kappa shape index (κ3) is 3.22. The fourth-order valence-electron chi connectivity index (χ4n) is 2.14. The Morgan fingerprint density at radius 1 is 1.17 bits per heavy atom. The van der Waals surface area contributed by atoms with Gasteiger partial charge in [0.15, 0.2) is 5.78 Å². The second-order valence-corrected chi connectivity index (χ2v) is 4.82. The fraction of sp³-hybridized carbons (Fsp3) is 0. The van der Waals surface area contributed by atoms with Crippen molar-refractivity contribution in [2.24, 2.45) is 0 Å². The molecular formula is C16H11N5O3. The van der Waals surface area contributed by atoms with Crippen LogP contribution in [0.5, 0.6) is 0 Å². The number of ketones is 1. The lowest BCUT2D eigenvalue weighted by atomic mass is 10.1. The number of aromatic nitrogens is 4. The number of hydrogen-bond acceptors (Lipinski definition) is 6. The predicted molar refractivity (Wildman–Crippen MR) is 85.6 cm³/mol. The third-order valence-electron chi connectivity index (χ3n) is 3.29. The topological polar surface area (TPSA) is 104 Å². The van der Waals surface area contributed by atoms with Crippen LogP contribution in [0.3, 0.4) is 0 Å². The summed E-state index contributed by atoms with van der Waals surface area (Å²) in [5.74, 6) is -0.275. The molecule has 8 heteroatoms. The lowest BCUT2D eigenvalue weighted by Crippen LogP contribution is -1.99. The lowest BCUT2D eigenvalue weighted by Gasteiger charge is -2.01. The van der Waals surface area contributed by atoms with Crippen LogP contribution in [0.15, 0.2) is 60.9 Å². The van der Waals surface area contributed by atoms with Crippen molar-refractivity contribution < 1.29 is 9.72 Å². The van der Waals surface area contributed by atoms with Crippen molar-refractivity contribution in [3.8, 4) is 5.69 Å². The molecule has 0 fully saturated rings. The van der Waals surface area contributed by atoms with E-state index in [-0.39, 0.29) is 11.5 Å². The Kier molecular flexibility index (Phi) is 4.19. The maximum atomic E-state index is 12.3. The molecule has 1 heterocycles. The van der Waals surface area contributed by atoms with Crippen LogP contribution in [0.2, 0.25) is 0 Å². The molecule has 0 aliphatic heterocycles. The van der Waals surface area contributed by atoms with Gasteiger partial charge in [-0.05, 0) is 40.8 Å². The van der Waals surface area contributed by atoms with E-state index in [1.165, 1.54) is 29.2 Å². The maximum Gasteiger partial charge on any atom is 0.276 e. The van der Waals surface area contributed by atoms with Gasteiger partial charge in [-0.25, -0.2) is 4.68 Å². The monoisotopic (exact) mass is 321 g/mol. The van der Waals surface area contributed by atoms with E-state index in [0.29, 0.717) is 16.8 Å². The molecule has 24 heavy (non-hydrogen) atoms. The number of nitro benzene ring substituents is 1. The second kappa shape index (κ2) is 6.61. The van der Waals surface area contributed by atoms with E-state index in [2.05, 4.69) is 15.5 Å². The number of nitrogens with zero attached hydrogens (tertiary/aromatic N) is 5. The molecule has 0 saturated heterocycles. The van der Waals surface area contributed by atoms with Gasteiger partial charge in [0.25, 0.3) is 5.69 Å². The van der Waals surface area contributed by atoms with Crippen molar-refractivity contribution >= 4 is 17.5 Å². The molecule has 1 aromatic heterocycles. The Labute approximate surface area is 136 Å². The van der Waals surface area contributed by atoms with E-state index in [1.54, 1.807) is 42.5 Å². The van der Waals surface area contributed by atoms with Gasteiger partial charge >= 0.3 is 0 Å². The molecule has 0 saturated carbocycles. The first kappa shape index (κ1) is 15.2. The van der Waals surface area contributed by atoms with Gasteiger partial charge in [-0.2, -0.15) is 0 Å². The summed E-state index contributed by atoms with van der Waals surface area (Å²) < 4.78 is 1.43. The van der Waals surface area contributed by atoms with Crippen LogP contribution < -0.4 is 0 Å². The zero-order chi connectivity index (χ0) is 16.9. The minimum Gasteiger partial charge on any atom is -0.289 e. The van der Waals surface area contributed by atoms with Crippen LogP contribution in [-0.2, 0) is 0 Å². The quantitative estimate of drug-likeness (QED) is 0.309. The van der Waals surface area contributed by atoms with E-state index in [9.17, 15) is 14.9 Å². The Balaban J connectivity index is 1.86. The molecule has 0 amide bonds. The van der Waals surface area contributed by atoms with Gasteiger partial charge in [0.05, 0.1) is 16.2 Å². The van der Waals surface area contributed by atoms with Crippen molar-refractivity contribution in [2.45, 2.75) is 0 Å². The Morgan fingerprint density at radius 2 is 2.00 bits per heavy atom. The zero-order valence-electron chi connectivity index (χ0n) is 12.3. The number of benzene rings is 2. The smallest absolute Gasteiger partial charge is 0.276 e. The number of allylic oxidation sites excluding steroid dienone is 1. The molecule has 0 spiro atoms. The molecule has 0 atom stereocenters. The van der Waals surface area contributed by atoms with Crippen LogP contribution in [0, 0.1) is 10.1 Å². The number of hydrogen-bond donors (Lipinski definition) is 0. The number of carbonyl (C=O) groups is 1. The Morgan fingerprint density at radius 3 is 2.75 bits per heavy atom. The first-order valence-corrected chi connectivity index (χ1v) is 6.94. The number of rotatable bonds is 5. The Hall–Kier alpha value is -3.68. The summed E-state index contributed by atoms with van der Waals surface area (Å²) in [6.07, 6.45) is 4.16.